The summed E-state index contributed by atoms with van der Waals surface area (Å²) in [6.45, 7) is 2.14. The van der Waals surface area contributed by atoms with Gasteiger partial charge in [0.2, 0.25) is 11.9 Å². The lowest BCUT2D eigenvalue weighted by Gasteiger charge is -2.26. The minimum atomic E-state index is -4.50. The third-order valence-corrected chi connectivity index (χ3v) is 5.67. The summed E-state index contributed by atoms with van der Waals surface area (Å²) in [7, 11) is 1.65. The number of alkyl halides is 3. The molecule has 1 saturated carbocycles. The minimum Gasteiger partial charge on any atom is -0.355 e. The van der Waals surface area contributed by atoms with Gasteiger partial charge in [-0.05, 0) is 25.3 Å². The van der Waals surface area contributed by atoms with Crippen LogP contribution in [0.5, 0.6) is 0 Å². The Morgan fingerprint density at radius 2 is 1.97 bits per heavy atom. The number of nitrogens with zero attached hydrogens (tertiary/aromatic N) is 4. The van der Waals surface area contributed by atoms with Crippen LogP contribution in [0.1, 0.15) is 44.2 Å². The highest BCUT2D eigenvalue weighted by Crippen LogP contribution is 2.28. The van der Waals surface area contributed by atoms with E-state index >= 15 is 0 Å². The third kappa shape index (κ3) is 7.62. The second-order valence-corrected chi connectivity index (χ2v) is 7.94. The highest BCUT2D eigenvalue weighted by Gasteiger charge is 2.33. The van der Waals surface area contributed by atoms with E-state index in [-0.39, 0.29) is 47.8 Å². The van der Waals surface area contributed by atoms with Gasteiger partial charge in [-0.15, -0.1) is 24.0 Å². The van der Waals surface area contributed by atoms with Crippen LogP contribution in [0.2, 0.25) is 0 Å². The lowest BCUT2D eigenvalue weighted by atomic mass is 9.88. The number of aromatic nitrogens is 2. The molecule has 180 valence electrons. The molecule has 1 unspecified atom stereocenters. The van der Waals surface area contributed by atoms with Crippen molar-refractivity contribution in [2.75, 3.05) is 38.5 Å². The number of amides is 1. The molecule has 3 rings (SSSR count). The molecule has 2 fully saturated rings. The fraction of sp³-hybridized carbons (Fsp3) is 0.700. The molecule has 1 aromatic heterocycles. The number of nitrogens with one attached hydrogen (secondary N) is 3. The normalized spacial score (nSPS) is 19.9. The molecule has 2 aliphatic rings. The number of anilines is 1. The quantitative estimate of drug-likeness (QED) is 0.211. The van der Waals surface area contributed by atoms with Gasteiger partial charge in [0.1, 0.15) is 5.69 Å². The van der Waals surface area contributed by atoms with Crippen LogP contribution in [0.4, 0.5) is 19.1 Å². The fourth-order valence-electron chi connectivity index (χ4n) is 4.03. The van der Waals surface area contributed by atoms with Crippen LogP contribution < -0.4 is 16.0 Å². The molecule has 0 bridgehead atoms. The Bertz CT molecular complexity index is 772. The Labute approximate surface area is 203 Å². The maximum atomic E-state index is 12.7. The van der Waals surface area contributed by atoms with Gasteiger partial charge in [0.15, 0.2) is 5.96 Å². The van der Waals surface area contributed by atoms with Crippen molar-refractivity contribution in [2.24, 2.45) is 10.9 Å². The van der Waals surface area contributed by atoms with Crippen LogP contribution >= 0.6 is 24.0 Å². The van der Waals surface area contributed by atoms with Gasteiger partial charge in [0.25, 0.3) is 0 Å². The summed E-state index contributed by atoms with van der Waals surface area (Å²) in [6, 6.07) is 0.956. The summed E-state index contributed by atoms with van der Waals surface area (Å²) >= 11 is 0. The van der Waals surface area contributed by atoms with Gasteiger partial charge in [-0.2, -0.15) is 13.2 Å². The van der Waals surface area contributed by atoms with Gasteiger partial charge < -0.3 is 20.9 Å². The third-order valence-electron chi connectivity index (χ3n) is 5.67. The van der Waals surface area contributed by atoms with Crippen LogP contribution in [0.3, 0.4) is 0 Å². The first kappa shape index (κ1) is 26.4. The molecular formula is C20H31F3IN7O. The fourth-order valence-corrected chi connectivity index (χ4v) is 4.03. The maximum Gasteiger partial charge on any atom is 0.433 e. The van der Waals surface area contributed by atoms with E-state index in [1.54, 1.807) is 7.05 Å². The van der Waals surface area contributed by atoms with Gasteiger partial charge >= 0.3 is 6.18 Å². The van der Waals surface area contributed by atoms with Crippen molar-refractivity contribution in [3.05, 3.63) is 18.0 Å². The van der Waals surface area contributed by atoms with Crippen LogP contribution in [0.15, 0.2) is 17.3 Å². The Kier molecular flexibility index (Phi) is 10.2. The lowest BCUT2D eigenvalue weighted by Crippen LogP contribution is -2.46. The predicted molar refractivity (Wildman–Crippen MR) is 127 cm³/mol. The molecule has 1 aliphatic heterocycles. The monoisotopic (exact) mass is 569 g/mol. The number of guanidine groups is 1. The first-order valence-corrected chi connectivity index (χ1v) is 10.8. The van der Waals surface area contributed by atoms with Crippen molar-refractivity contribution < 1.29 is 18.0 Å². The number of carbonyl (C=O) groups excluding carboxylic acids is 1. The zero-order valence-electron chi connectivity index (χ0n) is 18.1. The van der Waals surface area contributed by atoms with Crippen molar-refractivity contribution in [1.82, 2.24) is 25.5 Å². The van der Waals surface area contributed by atoms with Gasteiger partial charge in [0, 0.05) is 51.4 Å². The smallest absolute Gasteiger partial charge is 0.355 e. The van der Waals surface area contributed by atoms with E-state index in [1.807, 2.05) is 4.90 Å². The number of hydrogen-bond donors (Lipinski definition) is 3. The minimum absolute atomic E-state index is 0. The highest BCUT2D eigenvalue weighted by atomic mass is 127. The Hall–Kier alpha value is -1.86. The maximum absolute atomic E-state index is 12.7. The van der Waals surface area contributed by atoms with Gasteiger partial charge in [0.05, 0.1) is 0 Å². The number of likely N-dealkylation sites (tertiary alicyclic amines) is 1. The summed E-state index contributed by atoms with van der Waals surface area (Å²) in [5.41, 5.74) is -0.982. The molecule has 1 atom stereocenters. The van der Waals surface area contributed by atoms with Crippen molar-refractivity contribution in [2.45, 2.75) is 50.7 Å². The summed E-state index contributed by atoms with van der Waals surface area (Å²) in [4.78, 5) is 26.1. The predicted octanol–water partition coefficient (Wildman–Crippen LogP) is 2.87. The molecule has 1 amide bonds. The molecule has 1 saturated heterocycles. The number of aliphatic imine (C=N–C) groups is 1. The number of carbonyl (C=O) groups is 1. The number of rotatable bonds is 6. The molecule has 2 heterocycles. The zero-order chi connectivity index (χ0) is 22.3. The molecule has 0 aromatic carbocycles. The van der Waals surface area contributed by atoms with Crippen LogP contribution in [0, 0.1) is 5.92 Å². The Balaban J connectivity index is 0.00000363. The second-order valence-electron chi connectivity index (χ2n) is 7.94. The highest BCUT2D eigenvalue weighted by molar-refractivity contribution is 14.0. The molecule has 3 N–H and O–H groups in total. The topological polar surface area (TPSA) is 94.5 Å². The first-order valence-electron chi connectivity index (χ1n) is 10.8. The molecule has 32 heavy (non-hydrogen) atoms. The van der Waals surface area contributed by atoms with Crippen molar-refractivity contribution >= 4 is 41.8 Å². The van der Waals surface area contributed by atoms with E-state index in [9.17, 15) is 18.0 Å². The number of halogens is 4. The average molecular weight is 569 g/mol. The molecule has 8 nitrogen and oxygen atoms in total. The Morgan fingerprint density at radius 3 is 2.66 bits per heavy atom. The van der Waals surface area contributed by atoms with Gasteiger partial charge in [-0.1, -0.05) is 19.3 Å². The van der Waals surface area contributed by atoms with Crippen LogP contribution in [-0.2, 0) is 11.0 Å². The summed E-state index contributed by atoms with van der Waals surface area (Å²) < 4.78 is 38.1. The largest absolute Gasteiger partial charge is 0.433 e. The molecule has 1 aromatic rings. The van der Waals surface area contributed by atoms with E-state index in [0.717, 1.165) is 50.9 Å². The average Bonchev–Trinajstić information content (AvgIpc) is 3.24. The van der Waals surface area contributed by atoms with E-state index in [1.165, 1.54) is 6.42 Å². The molecule has 1 aliphatic carbocycles. The molecule has 0 spiro atoms. The van der Waals surface area contributed by atoms with Crippen molar-refractivity contribution in [3.63, 3.8) is 0 Å². The van der Waals surface area contributed by atoms with E-state index in [2.05, 4.69) is 30.9 Å². The summed E-state index contributed by atoms with van der Waals surface area (Å²) in [5.74, 6) is 0.960. The van der Waals surface area contributed by atoms with E-state index in [0.29, 0.717) is 25.6 Å². The zero-order valence-corrected chi connectivity index (χ0v) is 20.5. The van der Waals surface area contributed by atoms with Crippen molar-refractivity contribution in [1.29, 1.82) is 0 Å². The van der Waals surface area contributed by atoms with E-state index < -0.39 is 11.9 Å². The van der Waals surface area contributed by atoms with Gasteiger partial charge in [-0.3, -0.25) is 9.79 Å². The molecule has 12 heteroatoms. The molecule has 0 radical (unpaired) electrons. The van der Waals surface area contributed by atoms with Crippen LogP contribution in [-0.4, -0.2) is 66.0 Å². The van der Waals surface area contributed by atoms with Crippen LogP contribution in [0.25, 0.3) is 0 Å². The second kappa shape index (κ2) is 12.4. The summed E-state index contributed by atoms with van der Waals surface area (Å²) in [6.07, 6.45) is 2.94. The number of hydrogen-bond acceptors (Lipinski definition) is 5. The van der Waals surface area contributed by atoms with Gasteiger partial charge in [-0.25, -0.2) is 9.97 Å². The SMILES string of the molecule is CN=C(NCCNc1nccc(C(F)(F)F)n1)NC1CCN(C(=O)C2CCCCC2)C1.I. The first-order chi connectivity index (χ1) is 14.9. The standard InChI is InChI=1S/C20H30F3N7O.HI/c1-24-18(26-10-11-27-19-25-9-7-16(29-19)20(21,22)23)28-15-8-12-30(13-15)17(31)14-5-3-2-4-6-14;/h7,9,14-15H,2-6,8,10-13H2,1H3,(H2,24,26,28)(H,25,27,29);1H. The van der Waals surface area contributed by atoms with Crippen molar-refractivity contribution in [3.8, 4) is 0 Å². The molecular weight excluding hydrogens is 538 g/mol. The van der Waals surface area contributed by atoms with E-state index in [4.69, 9.17) is 0 Å². The summed E-state index contributed by atoms with van der Waals surface area (Å²) in [5, 5.41) is 9.20. The Morgan fingerprint density at radius 1 is 1.22 bits per heavy atom. The lowest BCUT2D eigenvalue weighted by molar-refractivity contribution is -0.141.